The number of carbonyl (C=O) groups is 2. The van der Waals surface area contributed by atoms with Crippen LogP contribution in [0, 0.1) is 5.92 Å². The lowest BCUT2D eigenvalue weighted by Crippen LogP contribution is -2.10. The molecule has 5 rings (SSSR count). The fourth-order valence-electron chi connectivity index (χ4n) is 6.29. The van der Waals surface area contributed by atoms with Gasteiger partial charge >= 0.3 is 5.97 Å². The van der Waals surface area contributed by atoms with Crippen molar-refractivity contribution in [2.24, 2.45) is 5.92 Å². The minimum absolute atomic E-state index is 0.0287. The molecular formula is C37H43NO4. The quantitative estimate of drug-likeness (QED) is 0.155. The van der Waals surface area contributed by atoms with E-state index in [2.05, 4.69) is 31.2 Å². The van der Waals surface area contributed by atoms with Crippen molar-refractivity contribution in [1.82, 2.24) is 4.57 Å². The first-order chi connectivity index (χ1) is 20.5. The van der Waals surface area contributed by atoms with Gasteiger partial charge in [-0.05, 0) is 73.1 Å². The summed E-state index contributed by atoms with van der Waals surface area (Å²) in [5, 5.41) is 9.90. The largest absolute Gasteiger partial charge is 0.486 e. The Bertz CT molecular complexity index is 1460. The number of benzene rings is 3. The molecule has 5 heteroatoms. The maximum absolute atomic E-state index is 13.6. The van der Waals surface area contributed by atoms with E-state index in [1.807, 2.05) is 59.3 Å². The SMILES string of the molecule is CCCCC(Oc1ccc(C(=O)c2cn(CCCC(=O)O)c3ccccc23)cc1)c1ccc(CC2CCCCC2)cc1. The van der Waals surface area contributed by atoms with Gasteiger partial charge in [-0.3, -0.25) is 9.59 Å². The highest BCUT2D eigenvalue weighted by molar-refractivity contribution is 6.16. The first-order valence-corrected chi connectivity index (χ1v) is 15.7. The molecule has 0 spiro atoms. The number of aliphatic carboxylic acids is 1. The van der Waals surface area contributed by atoms with Crippen LogP contribution in [0.25, 0.3) is 10.9 Å². The highest BCUT2D eigenvalue weighted by atomic mass is 16.5. The van der Waals surface area contributed by atoms with Crippen molar-refractivity contribution >= 4 is 22.7 Å². The Morgan fingerprint density at radius 2 is 1.67 bits per heavy atom. The molecule has 42 heavy (non-hydrogen) atoms. The average molecular weight is 566 g/mol. The van der Waals surface area contributed by atoms with Crippen LogP contribution in [0.4, 0.5) is 0 Å². The third-order valence-corrected chi connectivity index (χ3v) is 8.64. The fourth-order valence-corrected chi connectivity index (χ4v) is 6.29. The molecule has 0 amide bonds. The fraction of sp³-hybridized carbons (Fsp3) is 0.405. The summed E-state index contributed by atoms with van der Waals surface area (Å²) >= 11 is 0. The summed E-state index contributed by atoms with van der Waals surface area (Å²) in [6.45, 7) is 2.75. The molecule has 5 nitrogen and oxygen atoms in total. The van der Waals surface area contributed by atoms with Gasteiger partial charge in [-0.2, -0.15) is 0 Å². The monoisotopic (exact) mass is 565 g/mol. The number of nitrogens with zero attached hydrogens (tertiary/aromatic N) is 1. The van der Waals surface area contributed by atoms with Crippen molar-refractivity contribution in [3.05, 3.63) is 101 Å². The van der Waals surface area contributed by atoms with E-state index < -0.39 is 5.97 Å². The smallest absolute Gasteiger partial charge is 0.303 e. The molecule has 1 atom stereocenters. The first kappa shape index (κ1) is 29.6. The number of unbranched alkanes of at least 4 members (excludes halogenated alkanes) is 1. The van der Waals surface area contributed by atoms with E-state index in [1.165, 1.54) is 49.7 Å². The van der Waals surface area contributed by atoms with Crippen molar-refractivity contribution < 1.29 is 19.4 Å². The summed E-state index contributed by atoms with van der Waals surface area (Å²) in [5.41, 5.74) is 4.80. The molecule has 1 N–H and O–H groups in total. The molecule has 1 aliphatic rings. The molecule has 1 unspecified atom stereocenters. The van der Waals surface area contributed by atoms with E-state index in [4.69, 9.17) is 9.84 Å². The van der Waals surface area contributed by atoms with E-state index in [0.717, 1.165) is 41.8 Å². The van der Waals surface area contributed by atoms with Crippen LogP contribution in [0.5, 0.6) is 5.75 Å². The molecule has 1 heterocycles. The zero-order chi connectivity index (χ0) is 29.3. The van der Waals surface area contributed by atoms with Gasteiger partial charge in [0.15, 0.2) is 5.78 Å². The summed E-state index contributed by atoms with van der Waals surface area (Å²) in [5.74, 6) is 0.723. The molecule has 0 radical (unpaired) electrons. The molecule has 0 aliphatic heterocycles. The number of para-hydroxylation sites is 1. The normalized spacial score (nSPS) is 14.6. The van der Waals surface area contributed by atoms with Gasteiger partial charge in [0.1, 0.15) is 11.9 Å². The molecule has 0 saturated heterocycles. The molecule has 1 aliphatic carbocycles. The maximum Gasteiger partial charge on any atom is 0.303 e. The Hall–Kier alpha value is -3.86. The number of ketones is 1. The average Bonchev–Trinajstić information content (AvgIpc) is 3.38. The van der Waals surface area contributed by atoms with Crippen LogP contribution in [-0.4, -0.2) is 21.4 Å². The number of hydrogen-bond acceptors (Lipinski definition) is 3. The Balaban J connectivity index is 1.28. The predicted octanol–water partition coefficient (Wildman–Crippen LogP) is 9.17. The van der Waals surface area contributed by atoms with Crippen LogP contribution < -0.4 is 4.74 Å². The molecule has 1 saturated carbocycles. The number of fused-ring (bicyclic) bond motifs is 1. The third-order valence-electron chi connectivity index (χ3n) is 8.64. The molecule has 3 aromatic carbocycles. The van der Waals surface area contributed by atoms with E-state index in [-0.39, 0.29) is 18.3 Å². The summed E-state index contributed by atoms with van der Waals surface area (Å²) in [4.78, 5) is 24.6. The number of aromatic nitrogens is 1. The lowest BCUT2D eigenvalue weighted by molar-refractivity contribution is -0.137. The number of carboxylic acids is 1. The topological polar surface area (TPSA) is 68.5 Å². The first-order valence-electron chi connectivity index (χ1n) is 15.7. The van der Waals surface area contributed by atoms with Crippen molar-refractivity contribution in [1.29, 1.82) is 0 Å². The number of ether oxygens (including phenoxy) is 1. The predicted molar refractivity (Wildman–Crippen MR) is 168 cm³/mol. The second-order valence-electron chi connectivity index (χ2n) is 11.8. The van der Waals surface area contributed by atoms with E-state index >= 15 is 0 Å². The van der Waals surface area contributed by atoms with E-state index in [0.29, 0.717) is 24.1 Å². The van der Waals surface area contributed by atoms with Crippen molar-refractivity contribution in [3.8, 4) is 5.75 Å². The van der Waals surface area contributed by atoms with Crippen LogP contribution in [0.3, 0.4) is 0 Å². The number of rotatable bonds is 14. The van der Waals surface area contributed by atoms with Crippen molar-refractivity contribution in [3.63, 3.8) is 0 Å². The van der Waals surface area contributed by atoms with E-state index in [1.54, 1.807) is 0 Å². The van der Waals surface area contributed by atoms with Gasteiger partial charge in [0.25, 0.3) is 0 Å². The Morgan fingerprint density at radius 3 is 2.38 bits per heavy atom. The molecular weight excluding hydrogens is 522 g/mol. The maximum atomic E-state index is 13.6. The van der Waals surface area contributed by atoms with Crippen LogP contribution in [0.15, 0.2) is 79.0 Å². The van der Waals surface area contributed by atoms with Crippen molar-refractivity contribution in [2.75, 3.05) is 0 Å². The standard InChI is InChI=1S/C37H43NO4/c1-2-3-14-35(29-18-16-28(17-19-29)25-27-10-5-4-6-11-27)42-31-22-20-30(21-23-31)37(41)33-26-38(24-9-15-36(39)40)34-13-8-7-12-32(33)34/h7-8,12-13,16-23,26-27,35H,2-6,9-11,14-15,24-25H2,1H3,(H,39,40). The van der Waals surface area contributed by atoms with E-state index in [9.17, 15) is 9.59 Å². The number of hydrogen-bond donors (Lipinski definition) is 1. The minimum Gasteiger partial charge on any atom is -0.486 e. The van der Waals surface area contributed by atoms with Gasteiger partial charge in [-0.25, -0.2) is 0 Å². The Kier molecular flexibility index (Phi) is 10.1. The zero-order valence-corrected chi connectivity index (χ0v) is 24.8. The Morgan fingerprint density at radius 1 is 0.929 bits per heavy atom. The van der Waals surface area contributed by atoms with Gasteiger partial charge in [0.2, 0.25) is 0 Å². The third kappa shape index (κ3) is 7.50. The highest BCUT2D eigenvalue weighted by Gasteiger charge is 2.19. The van der Waals surface area contributed by atoms with Crippen molar-refractivity contribution in [2.45, 2.75) is 90.2 Å². The van der Waals surface area contributed by atoms with Crippen LogP contribution in [0.2, 0.25) is 0 Å². The minimum atomic E-state index is -0.811. The molecule has 4 aromatic rings. The highest BCUT2D eigenvalue weighted by Crippen LogP contribution is 2.31. The van der Waals surface area contributed by atoms with Gasteiger partial charge in [-0.1, -0.05) is 87.9 Å². The number of aryl methyl sites for hydroxylation is 1. The van der Waals surface area contributed by atoms with Crippen LogP contribution in [-0.2, 0) is 17.8 Å². The zero-order valence-electron chi connectivity index (χ0n) is 24.8. The van der Waals surface area contributed by atoms with Crippen LogP contribution >= 0.6 is 0 Å². The summed E-state index contributed by atoms with van der Waals surface area (Å²) < 4.78 is 8.50. The van der Waals surface area contributed by atoms with Crippen LogP contribution in [0.1, 0.15) is 104 Å². The van der Waals surface area contributed by atoms with Gasteiger partial charge in [0.05, 0.1) is 0 Å². The lowest BCUT2D eigenvalue weighted by atomic mass is 9.84. The molecule has 1 aromatic heterocycles. The number of carboxylic acid groups (broad SMARTS) is 1. The summed E-state index contributed by atoms with van der Waals surface area (Å²) in [6.07, 6.45) is 13.6. The lowest BCUT2D eigenvalue weighted by Gasteiger charge is -2.22. The molecule has 0 bridgehead atoms. The second kappa shape index (κ2) is 14.4. The van der Waals surface area contributed by atoms with Gasteiger partial charge in [-0.15, -0.1) is 0 Å². The molecule has 220 valence electrons. The van der Waals surface area contributed by atoms with Gasteiger partial charge < -0.3 is 14.4 Å². The summed E-state index contributed by atoms with van der Waals surface area (Å²) in [7, 11) is 0. The Labute approximate surface area is 249 Å². The number of carbonyl (C=O) groups excluding carboxylic acids is 1. The second-order valence-corrected chi connectivity index (χ2v) is 11.8. The molecule has 1 fully saturated rings. The summed E-state index contributed by atoms with van der Waals surface area (Å²) in [6, 6.07) is 24.3. The van der Waals surface area contributed by atoms with Gasteiger partial charge in [0, 0.05) is 41.2 Å².